The van der Waals surface area contributed by atoms with E-state index in [-0.39, 0.29) is 35.7 Å². The van der Waals surface area contributed by atoms with Gasteiger partial charge in [-0.05, 0) is 36.1 Å². The van der Waals surface area contributed by atoms with Crippen LogP contribution in [0, 0.1) is 0 Å². The number of amides is 1. The van der Waals surface area contributed by atoms with Crippen LogP contribution in [0.2, 0.25) is 5.02 Å². The number of benzene rings is 2. The molecule has 3 nitrogen and oxygen atoms in total. The monoisotopic (exact) mass is 376 g/mol. The van der Waals surface area contributed by atoms with Crippen molar-refractivity contribution < 1.29 is 4.79 Å². The Hall–Kier alpha value is -1.55. The average Bonchev–Trinajstić information content (AvgIpc) is 3.32. The molecule has 0 bridgehead atoms. The second-order valence-corrected chi connectivity index (χ2v) is 7.42. The molecule has 2 aromatic rings. The lowest BCUT2D eigenvalue weighted by Crippen LogP contribution is -2.39. The molecule has 1 aliphatic carbocycles. The lowest BCUT2D eigenvalue weighted by molar-refractivity contribution is -0.133. The van der Waals surface area contributed by atoms with Crippen molar-refractivity contribution in [1.29, 1.82) is 0 Å². The molecule has 132 valence electrons. The van der Waals surface area contributed by atoms with Gasteiger partial charge in [0.25, 0.3) is 0 Å². The van der Waals surface area contributed by atoms with Crippen molar-refractivity contribution in [2.75, 3.05) is 13.1 Å². The Balaban J connectivity index is 0.00000182. The molecule has 5 heteroatoms. The number of nitrogens with two attached hydrogens (primary N) is 1. The van der Waals surface area contributed by atoms with Crippen molar-refractivity contribution in [2.24, 2.45) is 5.73 Å². The van der Waals surface area contributed by atoms with Crippen LogP contribution in [-0.4, -0.2) is 29.9 Å². The van der Waals surface area contributed by atoms with Crippen LogP contribution in [0.15, 0.2) is 54.6 Å². The number of rotatable bonds is 3. The van der Waals surface area contributed by atoms with Gasteiger partial charge in [-0.3, -0.25) is 4.79 Å². The number of hydrogen-bond donors (Lipinski definition) is 1. The zero-order chi connectivity index (χ0) is 16.7. The van der Waals surface area contributed by atoms with E-state index in [4.69, 9.17) is 17.3 Å². The SMILES string of the molecule is Cl.N[C@@H]1CN(C(=O)C2(c3ccc(Cl)cc3)CC2)C[C@H]1c1ccccc1. The molecular formula is C20H22Cl2N2O. The Labute approximate surface area is 159 Å². The second-order valence-electron chi connectivity index (χ2n) is 6.98. The number of nitrogens with zero attached hydrogens (tertiary/aromatic N) is 1. The van der Waals surface area contributed by atoms with E-state index in [0.29, 0.717) is 18.1 Å². The van der Waals surface area contributed by atoms with Crippen LogP contribution in [0.25, 0.3) is 0 Å². The third kappa shape index (κ3) is 3.29. The van der Waals surface area contributed by atoms with Crippen LogP contribution in [0.3, 0.4) is 0 Å². The molecule has 2 atom stereocenters. The van der Waals surface area contributed by atoms with Gasteiger partial charge in [-0.2, -0.15) is 0 Å². The molecule has 2 N–H and O–H groups in total. The summed E-state index contributed by atoms with van der Waals surface area (Å²) in [4.78, 5) is 15.1. The highest BCUT2D eigenvalue weighted by atomic mass is 35.5. The van der Waals surface area contributed by atoms with Gasteiger partial charge in [0.1, 0.15) is 0 Å². The predicted molar refractivity (Wildman–Crippen MR) is 103 cm³/mol. The highest BCUT2D eigenvalue weighted by Crippen LogP contribution is 2.50. The predicted octanol–water partition coefficient (Wildman–Crippen LogP) is 3.75. The largest absolute Gasteiger partial charge is 0.340 e. The third-order valence-electron chi connectivity index (χ3n) is 5.44. The van der Waals surface area contributed by atoms with E-state index in [9.17, 15) is 4.79 Å². The lowest BCUT2D eigenvalue weighted by atomic mass is 9.94. The lowest BCUT2D eigenvalue weighted by Gasteiger charge is -2.23. The van der Waals surface area contributed by atoms with Gasteiger partial charge in [-0.1, -0.05) is 54.1 Å². The van der Waals surface area contributed by atoms with Crippen LogP contribution in [0.4, 0.5) is 0 Å². The first-order valence-corrected chi connectivity index (χ1v) is 8.84. The van der Waals surface area contributed by atoms with Crippen LogP contribution in [-0.2, 0) is 10.2 Å². The van der Waals surface area contributed by atoms with Crippen molar-refractivity contribution in [3.8, 4) is 0 Å². The van der Waals surface area contributed by atoms with E-state index < -0.39 is 0 Å². The van der Waals surface area contributed by atoms with Crippen LogP contribution in [0.5, 0.6) is 0 Å². The van der Waals surface area contributed by atoms with Gasteiger partial charge in [0.05, 0.1) is 5.41 Å². The summed E-state index contributed by atoms with van der Waals surface area (Å²) in [6, 6.07) is 18.0. The molecule has 1 amide bonds. The molecule has 0 spiro atoms. The normalized spacial score (nSPS) is 23.8. The fourth-order valence-electron chi connectivity index (χ4n) is 3.87. The fraction of sp³-hybridized carbons (Fsp3) is 0.350. The van der Waals surface area contributed by atoms with Crippen molar-refractivity contribution in [3.63, 3.8) is 0 Å². The summed E-state index contributed by atoms with van der Waals surface area (Å²) < 4.78 is 0. The van der Waals surface area contributed by atoms with Gasteiger partial charge in [0.2, 0.25) is 5.91 Å². The molecule has 2 aromatic carbocycles. The molecule has 0 unspecified atom stereocenters. The van der Waals surface area contributed by atoms with Crippen molar-refractivity contribution in [1.82, 2.24) is 4.90 Å². The number of likely N-dealkylation sites (tertiary alicyclic amines) is 1. The van der Waals surface area contributed by atoms with E-state index in [1.54, 1.807) is 0 Å². The molecule has 4 rings (SSSR count). The maximum atomic E-state index is 13.2. The quantitative estimate of drug-likeness (QED) is 0.886. The van der Waals surface area contributed by atoms with Crippen LogP contribution < -0.4 is 5.73 Å². The summed E-state index contributed by atoms with van der Waals surface area (Å²) in [6.45, 7) is 1.34. The summed E-state index contributed by atoms with van der Waals surface area (Å²) >= 11 is 5.98. The first-order valence-electron chi connectivity index (χ1n) is 8.46. The fourth-order valence-corrected chi connectivity index (χ4v) is 4.00. The minimum atomic E-state index is -0.351. The minimum Gasteiger partial charge on any atom is -0.340 e. The van der Waals surface area contributed by atoms with E-state index in [1.807, 2.05) is 47.4 Å². The van der Waals surface area contributed by atoms with Crippen molar-refractivity contribution >= 4 is 29.9 Å². The molecule has 2 aliphatic rings. The van der Waals surface area contributed by atoms with Crippen LogP contribution in [0.1, 0.15) is 29.9 Å². The molecule has 1 aliphatic heterocycles. The molecule has 1 saturated heterocycles. The average molecular weight is 377 g/mol. The van der Waals surface area contributed by atoms with Crippen molar-refractivity contribution in [3.05, 3.63) is 70.7 Å². The maximum Gasteiger partial charge on any atom is 0.233 e. The topological polar surface area (TPSA) is 46.3 Å². The Morgan fingerprint density at radius 1 is 1.04 bits per heavy atom. The zero-order valence-electron chi connectivity index (χ0n) is 13.9. The summed E-state index contributed by atoms with van der Waals surface area (Å²) in [7, 11) is 0. The Morgan fingerprint density at radius 2 is 1.68 bits per heavy atom. The van der Waals surface area contributed by atoms with Gasteiger partial charge in [-0.25, -0.2) is 0 Å². The second kappa shape index (κ2) is 6.99. The van der Waals surface area contributed by atoms with Gasteiger partial charge in [0, 0.05) is 30.1 Å². The van der Waals surface area contributed by atoms with Crippen LogP contribution >= 0.6 is 24.0 Å². The Morgan fingerprint density at radius 3 is 2.28 bits per heavy atom. The van der Waals surface area contributed by atoms with Gasteiger partial charge in [0.15, 0.2) is 0 Å². The van der Waals surface area contributed by atoms with E-state index in [1.165, 1.54) is 5.56 Å². The first kappa shape index (κ1) is 18.2. The molecule has 0 aromatic heterocycles. The highest BCUT2D eigenvalue weighted by molar-refractivity contribution is 6.30. The minimum absolute atomic E-state index is 0. The third-order valence-corrected chi connectivity index (χ3v) is 5.69. The number of carbonyl (C=O) groups excluding carboxylic acids is 1. The molecular weight excluding hydrogens is 355 g/mol. The van der Waals surface area contributed by atoms with E-state index >= 15 is 0 Å². The molecule has 25 heavy (non-hydrogen) atoms. The number of halogens is 2. The van der Waals surface area contributed by atoms with E-state index in [0.717, 1.165) is 18.4 Å². The number of carbonyl (C=O) groups is 1. The molecule has 2 fully saturated rings. The Bertz CT molecular complexity index is 744. The van der Waals surface area contributed by atoms with Crippen molar-refractivity contribution in [2.45, 2.75) is 30.2 Å². The standard InChI is InChI=1S/C20H21ClN2O.ClH/c21-16-8-6-15(7-9-16)20(10-11-20)19(24)23-12-17(18(22)13-23)14-4-2-1-3-5-14;/h1-9,17-18H,10-13,22H2;1H/t17-,18+;/m0./s1. The molecule has 1 saturated carbocycles. The first-order chi connectivity index (χ1) is 11.6. The number of hydrogen-bond acceptors (Lipinski definition) is 2. The summed E-state index contributed by atoms with van der Waals surface area (Å²) in [5, 5.41) is 0.703. The van der Waals surface area contributed by atoms with Gasteiger partial charge < -0.3 is 10.6 Å². The molecule has 1 heterocycles. The van der Waals surface area contributed by atoms with Gasteiger partial charge >= 0.3 is 0 Å². The maximum absolute atomic E-state index is 13.2. The summed E-state index contributed by atoms with van der Waals surface area (Å²) in [5.41, 5.74) is 8.30. The van der Waals surface area contributed by atoms with Gasteiger partial charge in [-0.15, -0.1) is 12.4 Å². The summed E-state index contributed by atoms with van der Waals surface area (Å²) in [5.74, 6) is 0.440. The smallest absolute Gasteiger partial charge is 0.233 e. The van der Waals surface area contributed by atoms with E-state index in [2.05, 4.69) is 12.1 Å². The summed E-state index contributed by atoms with van der Waals surface area (Å²) in [6.07, 6.45) is 1.82. The zero-order valence-corrected chi connectivity index (χ0v) is 15.5. The molecule has 0 radical (unpaired) electrons. The highest BCUT2D eigenvalue weighted by Gasteiger charge is 2.54. The Kier molecular flexibility index (Phi) is 5.10.